The van der Waals surface area contributed by atoms with Gasteiger partial charge in [0.25, 0.3) is 5.56 Å². The summed E-state index contributed by atoms with van der Waals surface area (Å²) in [7, 11) is 0. The Bertz CT molecular complexity index is 671. The van der Waals surface area contributed by atoms with Crippen molar-refractivity contribution in [2.24, 2.45) is 0 Å². The maximum absolute atomic E-state index is 11.9. The van der Waals surface area contributed by atoms with Crippen molar-refractivity contribution in [2.75, 3.05) is 11.5 Å². The molecule has 0 atom stereocenters. The molecule has 1 aromatic carbocycles. The number of aromatic amines is 1. The second-order valence-electron chi connectivity index (χ2n) is 3.58. The molecule has 0 radical (unpaired) electrons. The topological polar surface area (TPSA) is 122 Å². The monoisotopic (exact) mass is 278 g/mol. The molecule has 4 N–H and O–H groups in total. The number of aliphatic carboxylic acids is 1. The summed E-state index contributed by atoms with van der Waals surface area (Å²) in [6.45, 7) is 0. The summed E-state index contributed by atoms with van der Waals surface area (Å²) in [5.74, 6) is -1.19. The Hall–Kier alpha value is -2.35. The normalized spacial score (nSPS) is 10.3. The lowest BCUT2D eigenvalue weighted by atomic mass is 10.1. The number of aromatic nitrogens is 3. The average Bonchev–Trinajstić information content (AvgIpc) is 2.38. The summed E-state index contributed by atoms with van der Waals surface area (Å²) >= 11 is 0.891. The first-order chi connectivity index (χ1) is 9.08. The molecule has 2 rings (SSSR count). The SMILES string of the molecule is Nc1ccccc1-c1nnc(SCC(=O)O)[nH]c1=O. The molecule has 0 saturated carbocycles. The number of carboxylic acids is 1. The van der Waals surface area contributed by atoms with Crippen LogP contribution in [0.4, 0.5) is 5.69 Å². The van der Waals surface area contributed by atoms with Crippen LogP contribution in [0.3, 0.4) is 0 Å². The third-order valence-corrected chi connectivity index (χ3v) is 3.07. The van der Waals surface area contributed by atoms with Crippen molar-refractivity contribution in [1.82, 2.24) is 15.2 Å². The van der Waals surface area contributed by atoms with E-state index < -0.39 is 11.5 Å². The molecule has 1 aromatic heterocycles. The van der Waals surface area contributed by atoms with E-state index in [1.165, 1.54) is 0 Å². The number of nitrogen functional groups attached to an aromatic ring is 1. The Morgan fingerprint density at radius 2 is 2.11 bits per heavy atom. The molecule has 98 valence electrons. The first-order valence-electron chi connectivity index (χ1n) is 5.24. The number of nitrogens with one attached hydrogen (secondary N) is 1. The minimum atomic E-state index is -0.996. The quantitative estimate of drug-likeness (QED) is 0.552. The van der Waals surface area contributed by atoms with Crippen LogP contribution in [0.25, 0.3) is 11.3 Å². The summed E-state index contributed by atoms with van der Waals surface area (Å²) in [5.41, 5.74) is 6.32. The molecule has 0 aliphatic rings. The van der Waals surface area contributed by atoms with Crippen LogP contribution < -0.4 is 11.3 Å². The van der Waals surface area contributed by atoms with E-state index in [1.807, 2.05) is 0 Å². The van der Waals surface area contributed by atoms with E-state index in [2.05, 4.69) is 15.2 Å². The fourth-order valence-corrected chi connectivity index (χ4v) is 1.93. The Morgan fingerprint density at radius 3 is 2.74 bits per heavy atom. The second-order valence-corrected chi connectivity index (χ2v) is 4.54. The van der Waals surface area contributed by atoms with Crippen molar-refractivity contribution in [1.29, 1.82) is 0 Å². The standard InChI is InChI=1S/C11H10N4O3S/c12-7-4-2-1-3-6(7)9-10(18)13-11(15-14-9)19-5-8(16)17/h1-4H,5,12H2,(H,16,17)(H,13,15,18). The molecule has 0 aliphatic carbocycles. The molecule has 1 heterocycles. The molecule has 0 unspecified atom stereocenters. The summed E-state index contributed by atoms with van der Waals surface area (Å²) in [6, 6.07) is 6.81. The van der Waals surface area contributed by atoms with E-state index in [0.29, 0.717) is 11.3 Å². The van der Waals surface area contributed by atoms with Gasteiger partial charge in [-0.2, -0.15) is 0 Å². The minimum absolute atomic E-state index is 0.109. The number of benzene rings is 1. The van der Waals surface area contributed by atoms with Crippen molar-refractivity contribution in [3.05, 3.63) is 34.6 Å². The van der Waals surface area contributed by atoms with Gasteiger partial charge in [0.05, 0.1) is 5.75 Å². The lowest BCUT2D eigenvalue weighted by Crippen LogP contribution is -2.15. The number of carbonyl (C=O) groups is 1. The summed E-state index contributed by atoms with van der Waals surface area (Å²) in [4.78, 5) is 24.7. The number of carboxylic acid groups (broad SMARTS) is 1. The van der Waals surface area contributed by atoms with Crippen molar-refractivity contribution in [3.8, 4) is 11.3 Å². The van der Waals surface area contributed by atoms with Gasteiger partial charge in [0.15, 0.2) is 10.9 Å². The van der Waals surface area contributed by atoms with Crippen LogP contribution in [0.1, 0.15) is 0 Å². The molecule has 8 heteroatoms. The molecular weight excluding hydrogens is 268 g/mol. The summed E-state index contributed by atoms with van der Waals surface area (Å²) < 4.78 is 0. The Kier molecular flexibility index (Phi) is 3.81. The predicted molar refractivity (Wildman–Crippen MR) is 70.9 cm³/mol. The van der Waals surface area contributed by atoms with E-state index in [9.17, 15) is 9.59 Å². The van der Waals surface area contributed by atoms with Crippen LogP contribution in [-0.2, 0) is 4.79 Å². The van der Waals surface area contributed by atoms with Gasteiger partial charge in [0.2, 0.25) is 0 Å². The number of H-pyrrole nitrogens is 1. The van der Waals surface area contributed by atoms with Crippen molar-refractivity contribution in [3.63, 3.8) is 0 Å². The lowest BCUT2D eigenvalue weighted by molar-refractivity contribution is -0.133. The molecule has 0 spiro atoms. The van der Waals surface area contributed by atoms with Gasteiger partial charge in [0, 0.05) is 11.3 Å². The third-order valence-electron chi connectivity index (χ3n) is 2.22. The van der Waals surface area contributed by atoms with Gasteiger partial charge in [-0.3, -0.25) is 14.6 Å². The van der Waals surface area contributed by atoms with Gasteiger partial charge in [-0.15, -0.1) is 10.2 Å². The van der Waals surface area contributed by atoms with Gasteiger partial charge in [-0.1, -0.05) is 30.0 Å². The minimum Gasteiger partial charge on any atom is -0.481 e. The first kappa shape index (κ1) is 13.1. The first-order valence-corrected chi connectivity index (χ1v) is 6.23. The van der Waals surface area contributed by atoms with E-state index in [4.69, 9.17) is 10.8 Å². The van der Waals surface area contributed by atoms with Crippen LogP contribution >= 0.6 is 11.8 Å². The number of hydrogen-bond acceptors (Lipinski definition) is 6. The highest BCUT2D eigenvalue weighted by Crippen LogP contribution is 2.20. The maximum Gasteiger partial charge on any atom is 0.313 e. The van der Waals surface area contributed by atoms with Crippen LogP contribution in [0.5, 0.6) is 0 Å². The number of hydrogen-bond donors (Lipinski definition) is 3. The van der Waals surface area contributed by atoms with Gasteiger partial charge in [0.1, 0.15) is 0 Å². The number of thioether (sulfide) groups is 1. The second kappa shape index (κ2) is 5.53. The zero-order valence-electron chi connectivity index (χ0n) is 9.66. The molecule has 2 aromatic rings. The highest BCUT2D eigenvalue weighted by molar-refractivity contribution is 7.99. The molecule has 0 aliphatic heterocycles. The van der Waals surface area contributed by atoms with Gasteiger partial charge in [-0.05, 0) is 6.07 Å². The number of rotatable bonds is 4. The number of nitrogens with zero attached hydrogens (tertiary/aromatic N) is 2. The fourth-order valence-electron chi connectivity index (χ4n) is 1.41. The predicted octanol–water partition coefficient (Wildman–Crippen LogP) is 0.591. The number of nitrogens with two attached hydrogens (primary N) is 1. The van der Waals surface area contributed by atoms with Crippen LogP contribution in [-0.4, -0.2) is 32.0 Å². The van der Waals surface area contributed by atoms with Crippen molar-refractivity contribution < 1.29 is 9.90 Å². The summed E-state index contributed by atoms with van der Waals surface area (Å²) in [5, 5.41) is 16.3. The molecule has 19 heavy (non-hydrogen) atoms. The summed E-state index contributed by atoms with van der Waals surface area (Å²) in [6.07, 6.45) is 0. The van der Waals surface area contributed by atoms with Crippen molar-refractivity contribution >= 4 is 23.4 Å². The highest BCUT2D eigenvalue weighted by Gasteiger charge is 2.11. The van der Waals surface area contributed by atoms with Crippen LogP contribution in [0.15, 0.2) is 34.2 Å². The van der Waals surface area contributed by atoms with Gasteiger partial charge >= 0.3 is 5.97 Å². The highest BCUT2D eigenvalue weighted by atomic mass is 32.2. The van der Waals surface area contributed by atoms with E-state index >= 15 is 0 Å². The molecule has 7 nitrogen and oxygen atoms in total. The lowest BCUT2D eigenvalue weighted by Gasteiger charge is -2.03. The molecule has 0 bridgehead atoms. The largest absolute Gasteiger partial charge is 0.481 e. The zero-order valence-corrected chi connectivity index (χ0v) is 10.5. The third kappa shape index (κ3) is 3.10. The Balaban J connectivity index is 2.33. The van der Waals surface area contributed by atoms with Gasteiger partial charge in [-0.25, -0.2) is 0 Å². The van der Waals surface area contributed by atoms with Gasteiger partial charge < -0.3 is 10.8 Å². The maximum atomic E-state index is 11.9. The molecular formula is C11H10N4O3S. The molecule has 0 fully saturated rings. The van der Waals surface area contributed by atoms with Crippen LogP contribution in [0.2, 0.25) is 0 Å². The Morgan fingerprint density at radius 1 is 1.37 bits per heavy atom. The van der Waals surface area contributed by atoms with E-state index in [-0.39, 0.29) is 16.6 Å². The molecule has 0 amide bonds. The molecule has 0 saturated heterocycles. The smallest absolute Gasteiger partial charge is 0.313 e. The fraction of sp³-hybridized carbons (Fsp3) is 0.0909. The average molecular weight is 278 g/mol. The van der Waals surface area contributed by atoms with Crippen molar-refractivity contribution in [2.45, 2.75) is 5.16 Å². The Labute approximate surface area is 111 Å². The van der Waals surface area contributed by atoms with Crippen LogP contribution in [0, 0.1) is 0 Å². The number of para-hydroxylation sites is 1. The number of anilines is 1. The van der Waals surface area contributed by atoms with E-state index in [0.717, 1.165) is 11.8 Å². The van der Waals surface area contributed by atoms with E-state index in [1.54, 1.807) is 24.3 Å². The zero-order chi connectivity index (χ0) is 13.8.